The van der Waals surface area contributed by atoms with E-state index in [-0.39, 0.29) is 23.2 Å². The average Bonchev–Trinajstić information content (AvgIpc) is 3.33. The molecule has 3 saturated carbocycles. The van der Waals surface area contributed by atoms with Crippen molar-refractivity contribution in [3.05, 3.63) is 12.2 Å². The van der Waals surface area contributed by atoms with E-state index in [4.69, 9.17) is 9.47 Å². The van der Waals surface area contributed by atoms with Crippen LogP contribution in [-0.2, 0) is 14.3 Å². The summed E-state index contributed by atoms with van der Waals surface area (Å²) in [6.07, 6.45) is 14.0. The maximum Gasteiger partial charge on any atom is 0.320 e. The Bertz CT molecular complexity index is 748. The molecule has 5 nitrogen and oxygen atoms in total. The third-order valence-electron chi connectivity index (χ3n) is 10.6. The molecule has 0 radical (unpaired) electrons. The molecule has 1 unspecified atom stereocenters. The molecule has 0 aromatic carbocycles. The second-order valence-electron chi connectivity index (χ2n) is 12.4. The topological polar surface area (TPSA) is 59.0 Å². The highest BCUT2D eigenvalue weighted by atomic mass is 16.7. The summed E-state index contributed by atoms with van der Waals surface area (Å²) in [7, 11) is 0. The van der Waals surface area contributed by atoms with E-state index < -0.39 is 5.97 Å². The number of likely N-dealkylation sites (tertiary alicyclic amines) is 1. The predicted octanol–water partition coefficient (Wildman–Crippen LogP) is 5.64. The Morgan fingerprint density at radius 2 is 1.85 bits per heavy atom. The summed E-state index contributed by atoms with van der Waals surface area (Å²) in [4.78, 5) is 14.0. The van der Waals surface area contributed by atoms with Crippen LogP contribution in [0.5, 0.6) is 0 Å². The molecule has 5 heteroatoms. The van der Waals surface area contributed by atoms with E-state index in [1.807, 2.05) is 0 Å². The highest BCUT2D eigenvalue weighted by Gasteiger charge is 2.60. The lowest BCUT2D eigenvalue weighted by Gasteiger charge is -2.63. The molecule has 0 bridgehead atoms. The zero-order chi connectivity index (χ0) is 23.2. The normalized spacial score (nSPS) is 44.9. The van der Waals surface area contributed by atoms with Gasteiger partial charge < -0.3 is 14.6 Å². The molecule has 0 aromatic heterocycles. The largest absolute Gasteiger partial charge is 0.480 e. The molecule has 5 rings (SSSR count). The van der Waals surface area contributed by atoms with Gasteiger partial charge in [0.2, 0.25) is 0 Å². The molecule has 1 N–H and O–H groups in total. The molecular weight excluding hydrogens is 414 g/mol. The van der Waals surface area contributed by atoms with E-state index >= 15 is 0 Å². The minimum absolute atomic E-state index is 0.0105. The lowest BCUT2D eigenvalue weighted by Crippen LogP contribution is -2.62. The van der Waals surface area contributed by atoms with Crippen LogP contribution < -0.4 is 0 Å². The SMILES string of the molecule is C=C1CCC2[C@]3(C)CO[C@@H](C4CCCC4)O[C@@H]3CC[C@@]2(C)[C@@H]1CCN1CCCC[C@@H]1C(=O)O. The Morgan fingerprint density at radius 1 is 1.09 bits per heavy atom. The van der Waals surface area contributed by atoms with Crippen LogP contribution in [0.1, 0.15) is 90.9 Å². The molecule has 7 atom stereocenters. The predicted molar refractivity (Wildman–Crippen MR) is 129 cm³/mol. The number of hydrogen-bond donors (Lipinski definition) is 1. The van der Waals surface area contributed by atoms with Gasteiger partial charge in [0.1, 0.15) is 6.04 Å². The van der Waals surface area contributed by atoms with E-state index in [1.54, 1.807) is 0 Å². The summed E-state index contributed by atoms with van der Waals surface area (Å²) in [6, 6.07) is -0.305. The van der Waals surface area contributed by atoms with Gasteiger partial charge in [-0.2, -0.15) is 0 Å². The first-order chi connectivity index (χ1) is 15.8. The monoisotopic (exact) mass is 459 g/mol. The quantitative estimate of drug-likeness (QED) is 0.540. The molecule has 0 amide bonds. The number of carboxylic acids is 1. The standard InChI is InChI=1S/C28H45NO4/c1-19-11-12-23-27(2,21(19)14-17-29-16-7-6-10-22(29)25(30)31)15-13-24-28(23,3)18-32-26(33-24)20-8-4-5-9-20/h20-24,26H,1,4-18H2,2-3H3,(H,30,31)/t21-,22-,23?,24-,26-,27+,28+/m1/s1. The lowest BCUT2D eigenvalue weighted by atomic mass is 9.46. The number of fused-ring (bicyclic) bond motifs is 3. The highest BCUT2D eigenvalue weighted by Crippen LogP contribution is 2.63. The first-order valence-corrected chi connectivity index (χ1v) is 13.7. The van der Waals surface area contributed by atoms with Crippen molar-refractivity contribution in [1.29, 1.82) is 0 Å². The molecule has 5 aliphatic rings. The minimum Gasteiger partial charge on any atom is -0.480 e. The van der Waals surface area contributed by atoms with Gasteiger partial charge in [-0.15, -0.1) is 0 Å². The molecule has 3 aliphatic carbocycles. The van der Waals surface area contributed by atoms with Crippen LogP contribution in [0.4, 0.5) is 0 Å². The van der Waals surface area contributed by atoms with E-state index in [0.717, 1.165) is 58.2 Å². The number of carboxylic acid groups (broad SMARTS) is 1. The molecule has 0 spiro atoms. The summed E-state index contributed by atoms with van der Waals surface area (Å²) >= 11 is 0. The smallest absolute Gasteiger partial charge is 0.320 e. The van der Waals surface area contributed by atoms with Crippen LogP contribution in [0, 0.1) is 28.6 Å². The van der Waals surface area contributed by atoms with Crippen LogP contribution in [0.2, 0.25) is 0 Å². The van der Waals surface area contributed by atoms with Crippen molar-refractivity contribution in [2.45, 2.75) is 109 Å². The van der Waals surface area contributed by atoms with Crippen LogP contribution in [0.15, 0.2) is 12.2 Å². The van der Waals surface area contributed by atoms with Crippen molar-refractivity contribution < 1.29 is 19.4 Å². The van der Waals surface area contributed by atoms with E-state index in [9.17, 15) is 9.90 Å². The summed E-state index contributed by atoms with van der Waals surface area (Å²) in [5.74, 6) is 0.967. The Labute approximate surface area is 200 Å². The first-order valence-electron chi connectivity index (χ1n) is 13.7. The molecule has 5 fully saturated rings. The average molecular weight is 460 g/mol. The van der Waals surface area contributed by atoms with Crippen molar-refractivity contribution in [2.24, 2.45) is 28.6 Å². The Balaban J connectivity index is 1.30. The lowest BCUT2D eigenvalue weighted by molar-refractivity contribution is -0.316. The number of carbonyl (C=O) groups is 1. The second kappa shape index (κ2) is 9.28. The van der Waals surface area contributed by atoms with Crippen LogP contribution >= 0.6 is 0 Å². The summed E-state index contributed by atoms with van der Waals surface area (Å²) in [6.45, 7) is 12.1. The maximum atomic E-state index is 11.8. The van der Waals surface area contributed by atoms with E-state index in [0.29, 0.717) is 23.9 Å². The van der Waals surface area contributed by atoms with Crippen molar-refractivity contribution in [1.82, 2.24) is 4.90 Å². The van der Waals surface area contributed by atoms with Gasteiger partial charge in [0.25, 0.3) is 0 Å². The molecular formula is C28H45NO4. The second-order valence-corrected chi connectivity index (χ2v) is 12.4. The van der Waals surface area contributed by atoms with Gasteiger partial charge in [-0.25, -0.2) is 0 Å². The number of piperidine rings is 1. The van der Waals surface area contributed by atoms with Gasteiger partial charge >= 0.3 is 5.97 Å². The third-order valence-corrected chi connectivity index (χ3v) is 10.6. The number of rotatable bonds is 5. The highest BCUT2D eigenvalue weighted by molar-refractivity contribution is 5.73. The minimum atomic E-state index is -0.650. The Morgan fingerprint density at radius 3 is 2.61 bits per heavy atom. The Hall–Kier alpha value is -0.910. The third kappa shape index (κ3) is 4.21. The van der Waals surface area contributed by atoms with Gasteiger partial charge in [0.15, 0.2) is 6.29 Å². The number of hydrogen-bond acceptors (Lipinski definition) is 4. The summed E-state index contributed by atoms with van der Waals surface area (Å²) in [5.41, 5.74) is 1.65. The fourth-order valence-corrected chi connectivity index (χ4v) is 8.69. The fraction of sp³-hybridized carbons (Fsp3) is 0.893. The van der Waals surface area contributed by atoms with Gasteiger partial charge in [0.05, 0.1) is 12.7 Å². The van der Waals surface area contributed by atoms with Crippen molar-refractivity contribution >= 4 is 5.97 Å². The number of ether oxygens (including phenoxy) is 2. The molecule has 2 heterocycles. The van der Waals surface area contributed by atoms with Crippen LogP contribution in [0.25, 0.3) is 0 Å². The van der Waals surface area contributed by atoms with Gasteiger partial charge in [-0.3, -0.25) is 9.69 Å². The van der Waals surface area contributed by atoms with Crippen molar-refractivity contribution in [2.75, 3.05) is 19.7 Å². The molecule has 0 aromatic rings. The maximum absolute atomic E-state index is 11.8. The first kappa shape index (κ1) is 23.8. The van der Waals surface area contributed by atoms with Gasteiger partial charge in [-0.1, -0.05) is 45.3 Å². The van der Waals surface area contributed by atoms with Gasteiger partial charge in [0, 0.05) is 11.3 Å². The number of aliphatic carboxylic acids is 1. The van der Waals surface area contributed by atoms with Crippen LogP contribution in [0.3, 0.4) is 0 Å². The van der Waals surface area contributed by atoms with Crippen molar-refractivity contribution in [3.8, 4) is 0 Å². The fourth-order valence-electron chi connectivity index (χ4n) is 8.69. The van der Waals surface area contributed by atoms with E-state index in [1.165, 1.54) is 44.1 Å². The number of allylic oxidation sites excluding steroid dienone is 1. The summed E-state index contributed by atoms with van der Waals surface area (Å²) < 4.78 is 13.2. The van der Waals surface area contributed by atoms with E-state index in [2.05, 4.69) is 25.3 Å². The zero-order valence-corrected chi connectivity index (χ0v) is 20.9. The van der Waals surface area contributed by atoms with Crippen molar-refractivity contribution in [3.63, 3.8) is 0 Å². The number of nitrogens with zero attached hydrogens (tertiary/aromatic N) is 1. The van der Waals surface area contributed by atoms with Crippen LogP contribution in [-0.4, -0.2) is 54.1 Å². The zero-order valence-electron chi connectivity index (χ0n) is 20.9. The molecule has 2 saturated heterocycles. The molecule has 186 valence electrons. The molecule has 33 heavy (non-hydrogen) atoms. The summed E-state index contributed by atoms with van der Waals surface area (Å²) in [5, 5.41) is 9.71. The Kier molecular flexibility index (Phi) is 6.69. The molecule has 2 aliphatic heterocycles. The van der Waals surface area contributed by atoms with Gasteiger partial charge in [-0.05, 0) is 88.1 Å².